The molecule has 0 bridgehead atoms. The van der Waals surface area contributed by atoms with E-state index in [4.69, 9.17) is 4.42 Å². The van der Waals surface area contributed by atoms with E-state index in [-0.39, 0.29) is 35.8 Å². The van der Waals surface area contributed by atoms with Gasteiger partial charge in [-0.3, -0.25) is 9.59 Å². The number of nitrogens with one attached hydrogen (secondary N) is 2. The van der Waals surface area contributed by atoms with Crippen LogP contribution in [0.2, 0.25) is 0 Å². The Labute approximate surface area is 175 Å². The first-order valence-electron chi connectivity index (χ1n) is 9.72. The Morgan fingerprint density at radius 3 is 2.62 bits per heavy atom. The summed E-state index contributed by atoms with van der Waals surface area (Å²) in [7, 11) is 0. The first-order chi connectivity index (χ1) is 13.6. The summed E-state index contributed by atoms with van der Waals surface area (Å²) in [4.78, 5) is 26.0. The maximum Gasteiger partial charge on any atom is 0.255 e. The van der Waals surface area contributed by atoms with E-state index in [0.29, 0.717) is 27.9 Å². The summed E-state index contributed by atoms with van der Waals surface area (Å²) in [5.41, 5.74) is 1.98. The fourth-order valence-corrected chi connectivity index (χ4v) is 3.84. The van der Waals surface area contributed by atoms with Gasteiger partial charge in [0.15, 0.2) is 11.0 Å². The summed E-state index contributed by atoms with van der Waals surface area (Å²) in [6.45, 7) is 4.80. The van der Waals surface area contributed by atoms with Crippen LogP contribution >= 0.6 is 12.4 Å². The van der Waals surface area contributed by atoms with Crippen LogP contribution in [0.25, 0.3) is 22.3 Å². The van der Waals surface area contributed by atoms with Crippen molar-refractivity contribution in [2.24, 2.45) is 0 Å². The van der Waals surface area contributed by atoms with Gasteiger partial charge in [0.1, 0.15) is 5.76 Å². The maximum atomic E-state index is 13.0. The molecule has 1 saturated heterocycles. The number of halogens is 1. The van der Waals surface area contributed by atoms with Gasteiger partial charge < -0.3 is 15.1 Å². The van der Waals surface area contributed by atoms with Crippen molar-refractivity contribution in [2.75, 3.05) is 6.54 Å². The summed E-state index contributed by atoms with van der Waals surface area (Å²) >= 11 is 0. The number of amides is 1. The molecule has 3 aromatic rings. The van der Waals surface area contributed by atoms with Crippen molar-refractivity contribution in [3.05, 3.63) is 69.9 Å². The topological polar surface area (TPSA) is 71.3 Å². The lowest BCUT2D eigenvalue weighted by Gasteiger charge is -2.30. The van der Waals surface area contributed by atoms with Crippen LogP contribution in [0.15, 0.2) is 57.7 Å². The molecule has 0 radical (unpaired) electrons. The molecule has 0 saturated carbocycles. The van der Waals surface area contributed by atoms with Crippen molar-refractivity contribution in [2.45, 2.75) is 38.8 Å². The average Bonchev–Trinajstić information content (AvgIpc) is 2.72. The number of rotatable bonds is 3. The molecule has 4 rings (SSSR count). The van der Waals surface area contributed by atoms with Crippen LogP contribution in [0.3, 0.4) is 0 Å². The van der Waals surface area contributed by atoms with Gasteiger partial charge >= 0.3 is 0 Å². The molecule has 2 atom stereocenters. The van der Waals surface area contributed by atoms with E-state index in [2.05, 4.69) is 17.6 Å². The number of para-hydroxylation sites is 1. The highest BCUT2D eigenvalue weighted by molar-refractivity contribution is 6.05. The van der Waals surface area contributed by atoms with Crippen molar-refractivity contribution in [3.63, 3.8) is 0 Å². The minimum Gasteiger partial charge on any atom is -0.455 e. The third-order valence-corrected chi connectivity index (χ3v) is 5.50. The second-order valence-corrected chi connectivity index (χ2v) is 7.40. The summed E-state index contributed by atoms with van der Waals surface area (Å²) in [5, 5.41) is 6.92. The van der Waals surface area contributed by atoms with Gasteiger partial charge in [-0.2, -0.15) is 0 Å². The standard InChI is InChI=1S/C23H24N2O3.ClH/c1-14-20(26)17-10-6-11-18(23(27)25-19-12-7-13-24-15(19)2)22(17)28-21(14)16-8-4-3-5-9-16;/h3-6,8-11,15,19,24H,7,12-13H2,1-2H3,(H,25,27);1H. The number of carbonyl (C=O) groups is 1. The molecule has 1 fully saturated rings. The molecule has 2 unspecified atom stereocenters. The van der Waals surface area contributed by atoms with Crippen molar-refractivity contribution < 1.29 is 9.21 Å². The predicted molar refractivity (Wildman–Crippen MR) is 118 cm³/mol. The lowest BCUT2D eigenvalue weighted by atomic mass is 9.99. The minimum atomic E-state index is -0.211. The average molecular weight is 413 g/mol. The molecule has 1 aliphatic rings. The quantitative estimate of drug-likeness (QED) is 0.680. The van der Waals surface area contributed by atoms with Crippen LogP contribution in [-0.4, -0.2) is 24.5 Å². The van der Waals surface area contributed by atoms with E-state index in [1.165, 1.54) is 0 Å². The van der Waals surface area contributed by atoms with Crippen LogP contribution < -0.4 is 16.1 Å². The molecule has 6 heteroatoms. The first kappa shape index (κ1) is 21.1. The Balaban J connectivity index is 0.00000240. The Hall–Kier alpha value is -2.63. The van der Waals surface area contributed by atoms with E-state index in [0.717, 1.165) is 24.9 Å². The second-order valence-electron chi connectivity index (χ2n) is 7.40. The molecule has 1 aromatic heterocycles. The molecular formula is C23H25ClN2O3. The van der Waals surface area contributed by atoms with Gasteiger partial charge in [-0.15, -0.1) is 12.4 Å². The smallest absolute Gasteiger partial charge is 0.255 e. The van der Waals surface area contributed by atoms with E-state index >= 15 is 0 Å². The maximum absolute atomic E-state index is 13.0. The lowest BCUT2D eigenvalue weighted by molar-refractivity contribution is 0.0920. The van der Waals surface area contributed by atoms with E-state index in [9.17, 15) is 9.59 Å². The Morgan fingerprint density at radius 2 is 1.90 bits per heavy atom. The molecule has 5 nitrogen and oxygen atoms in total. The number of hydrogen-bond donors (Lipinski definition) is 2. The molecule has 0 aliphatic carbocycles. The van der Waals surface area contributed by atoms with Crippen molar-refractivity contribution in [1.82, 2.24) is 10.6 Å². The minimum absolute atomic E-state index is 0. The summed E-state index contributed by atoms with van der Waals surface area (Å²) in [5.74, 6) is 0.295. The zero-order chi connectivity index (χ0) is 19.7. The summed E-state index contributed by atoms with van der Waals surface area (Å²) in [6, 6.07) is 14.9. The fourth-order valence-electron chi connectivity index (χ4n) is 3.84. The van der Waals surface area contributed by atoms with Crippen LogP contribution in [0.1, 0.15) is 35.7 Å². The number of carbonyl (C=O) groups excluding carboxylic acids is 1. The molecule has 2 N–H and O–H groups in total. The van der Waals surface area contributed by atoms with Gasteiger partial charge in [0.05, 0.1) is 10.9 Å². The number of fused-ring (bicyclic) bond motifs is 1. The molecular weight excluding hydrogens is 388 g/mol. The van der Waals surface area contributed by atoms with E-state index < -0.39 is 0 Å². The van der Waals surface area contributed by atoms with Crippen molar-refractivity contribution >= 4 is 29.3 Å². The van der Waals surface area contributed by atoms with Gasteiger partial charge in [-0.1, -0.05) is 36.4 Å². The van der Waals surface area contributed by atoms with Gasteiger partial charge in [0, 0.05) is 23.2 Å². The van der Waals surface area contributed by atoms with Crippen molar-refractivity contribution in [3.8, 4) is 11.3 Å². The molecule has 2 heterocycles. The van der Waals surface area contributed by atoms with Gasteiger partial charge in [-0.25, -0.2) is 0 Å². The molecule has 2 aromatic carbocycles. The fraction of sp³-hybridized carbons (Fsp3) is 0.304. The second kappa shape index (κ2) is 8.80. The molecule has 29 heavy (non-hydrogen) atoms. The third kappa shape index (κ3) is 4.07. The monoisotopic (exact) mass is 412 g/mol. The Kier molecular flexibility index (Phi) is 6.40. The highest BCUT2D eigenvalue weighted by Crippen LogP contribution is 2.27. The van der Waals surface area contributed by atoms with E-state index in [1.807, 2.05) is 30.3 Å². The van der Waals surface area contributed by atoms with Crippen LogP contribution in [-0.2, 0) is 0 Å². The zero-order valence-electron chi connectivity index (χ0n) is 16.5. The normalized spacial score (nSPS) is 18.8. The number of benzene rings is 2. The van der Waals surface area contributed by atoms with Crippen molar-refractivity contribution in [1.29, 1.82) is 0 Å². The van der Waals surface area contributed by atoms with Crippen LogP contribution in [0, 0.1) is 6.92 Å². The van der Waals surface area contributed by atoms with Crippen LogP contribution in [0.5, 0.6) is 0 Å². The van der Waals surface area contributed by atoms with E-state index in [1.54, 1.807) is 25.1 Å². The largest absolute Gasteiger partial charge is 0.455 e. The predicted octanol–water partition coefficient (Wildman–Crippen LogP) is 4.06. The molecule has 1 amide bonds. The SMILES string of the molecule is Cc1c(-c2ccccc2)oc2c(C(=O)NC3CCCNC3C)cccc2c1=O.Cl. The number of hydrogen-bond acceptors (Lipinski definition) is 4. The highest BCUT2D eigenvalue weighted by Gasteiger charge is 2.25. The summed E-state index contributed by atoms with van der Waals surface area (Å²) < 4.78 is 6.15. The first-order valence-corrected chi connectivity index (χ1v) is 9.72. The van der Waals surface area contributed by atoms with Gasteiger partial charge in [0.25, 0.3) is 5.91 Å². The zero-order valence-corrected chi connectivity index (χ0v) is 17.3. The number of piperidine rings is 1. The summed E-state index contributed by atoms with van der Waals surface area (Å²) in [6.07, 6.45) is 1.96. The highest BCUT2D eigenvalue weighted by atomic mass is 35.5. The van der Waals surface area contributed by atoms with Crippen LogP contribution in [0.4, 0.5) is 0 Å². The Morgan fingerprint density at radius 1 is 1.14 bits per heavy atom. The lowest BCUT2D eigenvalue weighted by Crippen LogP contribution is -2.51. The van der Waals surface area contributed by atoms with Gasteiger partial charge in [0.2, 0.25) is 0 Å². The Bertz CT molecular complexity index is 1080. The molecule has 0 spiro atoms. The molecule has 152 valence electrons. The van der Waals surface area contributed by atoms with Gasteiger partial charge in [-0.05, 0) is 45.4 Å². The third-order valence-electron chi connectivity index (χ3n) is 5.50. The molecule has 1 aliphatic heterocycles.